The maximum Gasteiger partial charge on any atom is 0.302 e. The third kappa shape index (κ3) is 2.17. The molecule has 8 atom stereocenters. The molecule has 0 radical (unpaired) electrons. The maximum absolute atomic E-state index is 11.4. The fraction of sp³-hybridized carbons (Fsp3) is 0.826. The van der Waals surface area contributed by atoms with E-state index in [-0.39, 0.29) is 34.6 Å². The minimum Gasteiger partial charge on any atom is -0.462 e. The van der Waals surface area contributed by atoms with Crippen LogP contribution in [-0.4, -0.2) is 34.7 Å². The summed E-state index contributed by atoms with van der Waals surface area (Å²) in [6, 6.07) is 0. The number of carbonyl (C=O) groups excluding carboxylic acids is 1. The van der Waals surface area contributed by atoms with Crippen LogP contribution in [0, 0.1) is 28.6 Å². The van der Waals surface area contributed by atoms with Crippen molar-refractivity contribution >= 4 is 11.7 Å². The van der Waals surface area contributed by atoms with Gasteiger partial charge in [-0.3, -0.25) is 4.79 Å². The van der Waals surface area contributed by atoms with E-state index in [9.17, 15) is 10.0 Å². The lowest BCUT2D eigenvalue weighted by molar-refractivity contribution is -0.148. The standard InChI is InChI=1S/C23H33NO4/c1-13(24-26)23-20(28-23)12-19-17-6-5-15-11-16(27-14(2)25)7-9-21(15,3)18(17)8-10-22(19,23)4/h5,16-20,26H,6-12H2,1-4H3. The van der Waals surface area contributed by atoms with Gasteiger partial charge in [-0.15, -0.1) is 0 Å². The number of fused-ring (bicyclic) bond motifs is 7. The summed E-state index contributed by atoms with van der Waals surface area (Å²) in [6.45, 7) is 8.29. The van der Waals surface area contributed by atoms with E-state index in [1.165, 1.54) is 18.9 Å². The van der Waals surface area contributed by atoms with Crippen molar-refractivity contribution in [3.8, 4) is 0 Å². The topological polar surface area (TPSA) is 71.4 Å². The van der Waals surface area contributed by atoms with Crippen LogP contribution < -0.4 is 0 Å². The van der Waals surface area contributed by atoms with Crippen LogP contribution in [0.4, 0.5) is 0 Å². The Morgan fingerprint density at radius 3 is 2.75 bits per heavy atom. The molecule has 4 aliphatic carbocycles. The molecule has 1 saturated heterocycles. The quantitative estimate of drug-likeness (QED) is 0.189. The molecule has 0 aromatic rings. The molecule has 5 aliphatic rings. The van der Waals surface area contributed by atoms with Gasteiger partial charge < -0.3 is 14.7 Å². The third-order valence-electron chi connectivity index (χ3n) is 9.51. The molecule has 1 N–H and O–H groups in total. The van der Waals surface area contributed by atoms with Gasteiger partial charge in [0.15, 0.2) is 0 Å². The predicted octanol–water partition coefficient (Wildman–Crippen LogP) is 4.48. The van der Waals surface area contributed by atoms with Crippen LogP contribution in [0.2, 0.25) is 0 Å². The van der Waals surface area contributed by atoms with Gasteiger partial charge in [0.2, 0.25) is 0 Å². The van der Waals surface area contributed by atoms with Gasteiger partial charge in [-0.1, -0.05) is 30.7 Å². The Morgan fingerprint density at radius 1 is 1.25 bits per heavy atom. The summed E-state index contributed by atoms with van der Waals surface area (Å²) in [5.74, 6) is 1.84. The number of hydrogen-bond acceptors (Lipinski definition) is 5. The molecule has 8 unspecified atom stereocenters. The molecule has 5 heteroatoms. The highest BCUT2D eigenvalue weighted by Crippen LogP contribution is 2.73. The van der Waals surface area contributed by atoms with Crippen LogP contribution >= 0.6 is 0 Å². The monoisotopic (exact) mass is 387 g/mol. The zero-order chi connectivity index (χ0) is 19.9. The van der Waals surface area contributed by atoms with Gasteiger partial charge in [0.1, 0.15) is 11.7 Å². The Bertz CT molecular complexity index is 775. The number of esters is 1. The molecule has 0 aromatic heterocycles. The Hall–Kier alpha value is -1.36. The smallest absolute Gasteiger partial charge is 0.302 e. The molecule has 0 aromatic carbocycles. The van der Waals surface area contributed by atoms with Crippen LogP contribution in [0.15, 0.2) is 16.8 Å². The molecule has 1 aliphatic heterocycles. The Balaban J connectivity index is 1.43. The van der Waals surface area contributed by atoms with E-state index in [4.69, 9.17) is 9.47 Å². The second kappa shape index (κ2) is 5.84. The van der Waals surface area contributed by atoms with Crippen molar-refractivity contribution in [3.63, 3.8) is 0 Å². The van der Waals surface area contributed by atoms with Gasteiger partial charge in [-0.2, -0.15) is 0 Å². The van der Waals surface area contributed by atoms with E-state index in [0.29, 0.717) is 17.8 Å². The fourth-order valence-corrected chi connectivity index (χ4v) is 8.12. The van der Waals surface area contributed by atoms with Crippen LogP contribution in [0.25, 0.3) is 0 Å². The average molecular weight is 388 g/mol. The number of rotatable bonds is 2. The second-order valence-corrected chi connectivity index (χ2v) is 10.5. The van der Waals surface area contributed by atoms with Crippen LogP contribution in [-0.2, 0) is 14.3 Å². The van der Waals surface area contributed by atoms with Crippen molar-refractivity contribution in [1.29, 1.82) is 0 Å². The number of carbonyl (C=O) groups is 1. The predicted molar refractivity (Wildman–Crippen MR) is 105 cm³/mol. The SMILES string of the molecule is CC(=O)OC1CCC2(C)C(=CCC3C2CCC2(C)C3CC3OC32C(C)=NO)C1. The summed E-state index contributed by atoms with van der Waals surface area (Å²) in [5, 5.41) is 13.0. The molecule has 0 spiro atoms. The molecule has 3 saturated carbocycles. The third-order valence-corrected chi connectivity index (χ3v) is 9.51. The van der Waals surface area contributed by atoms with Crippen molar-refractivity contribution in [2.45, 2.75) is 90.4 Å². The second-order valence-electron chi connectivity index (χ2n) is 10.5. The largest absolute Gasteiger partial charge is 0.462 e. The molecular weight excluding hydrogens is 354 g/mol. The molecule has 5 rings (SSSR count). The van der Waals surface area contributed by atoms with Gasteiger partial charge in [0, 0.05) is 18.8 Å². The van der Waals surface area contributed by atoms with E-state index in [1.807, 2.05) is 6.92 Å². The summed E-state index contributed by atoms with van der Waals surface area (Å²) in [7, 11) is 0. The number of nitrogens with zero attached hydrogens (tertiary/aromatic N) is 1. The zero-order valence-corrected chi connectivity index (χ0v) is 17.5. The van der Waals surface area contributed by atoms with Gasteiger partial charge in [0.25, 0.3) is 0 Å². The lowest BCUT2D eigenvalue weighted by atomic mass is 9.47. The first-order valence-electron chi connectivity index (χ1n) is 11.0. The molecule has 0 amide bonds. The molecular formula is C23H33NO4. The van der Waals surface area contributed by atoms with E-state index in [2.05, 4.69) is 25.1 Å². The molecule has 4 fully saturated rings. The first-order chi connectivity index (χ1) is 13.3. The van der Waals surface area contributed by atoms with Gasteiger partial charge in [-0.05, 0) is 68.6 Å². The molecule has 154 valence electrons. The minimum atomic E-state index is -0.324. The first kappa shape index (κ1) is 18.7. The number of epoxide rings is 1. The van der Waals surface area contributed by atoms with E-state index >= 15 is 0 Å². The van der Waals surface area contributed by atoms with Crippen LogP contribution in [0.5, 0.6) is 0 Å². The zero-order valence-electron chi connectivity index (χ0n) is 17.5. The Morgan fingerprint density at radius 2 is 2.04 bits per heavy atom. The van der Waals surface area contributed by atoms with Crippen molar-refractivity contribution in [2.24, 2.45) is 33.7 Å². The highest BCUT2D eigenvalue weighted by atomic mass is 16.6. The minimum absolute atomic E-state index is 0.0569. The average Bonchev–Trinajstić information content (AvgIpc) is 3.33. The van der Waals surface area contributed by atoms with E-state index in [1.54, 1.807) is 0 Å². The van der Waals surface area contributed by atoms with Gasteiger partial charge in [0.05, 0.1) is 11.8 Å². The van der Waals surface area contributed by atoms with E-state index in [0.717, 1.165) is 44.2 Å². The maximum atomic E-state index is 11.4. The normalized spacial score (nSPS) is 51.9. The Kier molecular flexibility index (Phi) is 3.89. The molecule has 1 heterocycles. The summed E-state index contributed by atoms with van der Waals surface area (Å²) < 4.78 is 11.7. The van der Waals surface area contributed by atoms with Crippen molar-refractivity contribution in [3.05, 3.63) is 11.6 Å². The van der Waals surface area contributed by atoms with Crippen molar-refractivity contribution in [2.75, 3.05) is 0 Å². The van der Waals surface area contributed by atoms with Crippen LogP contribution in [0.1, 0.15) is 72.6 Å². The number of ether oxygens (including phenoxy) is 2. The first-order valence-corrected chi connectivity index (χ1v) is 11.0. The highest BCUT2D eigenvalue weighted by Gasteiger charge is 2.78. The number of allylic oxidation sites excluding steroid dienone is 1. The van der Waals surface area contributed by atoms with Gasteiger partial charge >= 0.3 is 5.97 Å². The summed E-state index contributed by atoms with van der Waals surface area (Å²) in [6.07, 6.45) is 10.3. The number of hydrogen-bond donors (Lipinski definition) is 1. The summed E-state index contributed by atoms with van der Waals surface area (Å²) in [4.78, 5) is 11.4. The molecule has 0 bridgehead atoms. The van der Waals surface area contributed by atoms with Gasteiger partial charge in [-0.25, -0.2) is 0 Å². The fourth-order valence-electron chi connectivity index (χ4n) is 8.12. The number of oxime groups is 1. The lowest BCUT2D eigenvalue weighted by Gasteiger charge is -2.58. The van der Waals surface area contributed by atoms with Crippen LogP contribution in [0.3, 0.4) is 0 Å². The van der Waals surface area contributed by atoms with Crippen molar-refractivity contribution < 1.29 is 19.5 Å². The molecule has 28 heavy (non-hydrogen) atoms. The van der Waals surface area contributed by atoms with Crippen molar-refractivity contribution in [1.82, 2.24) is 0 Å². The Labute approximate surface area is 167 Å². The lowest BCUT2D eigenvalue weighted by Crippen LogP contribution is -2.54. The molecule has 5 nitrogen and oxygen atoms in total. The summed E-state index contributed by atoms with van der Waals surface area (Å²) >= 11 is 0. The summed E-state index contributed by atoms with van der Waals surface area (Å²) in [5.41, 5.74) is 2.28. The van der Waals surface area contributed by atoms with E-state index < -0.39 is 0 Å². The highest BCUT2D eigenvalue weighted by molar-refractivity contribution is 5.94.